The number of thiophene rings is 1. The van der Waals surface area contributed by atoms with Crippen molar-refractivity contribution in [3.05, 3.63) is 52.4 Å². The first-order chi connectivity index (χ1) is 10.9. The molecule has 0 spiro atoms. The highest BCUT2D eigenvalue weighted by Crippen LogP contribution is 2.30. The molecule has 3 aromatic rings. The summed E-state index contributed by atoms with van der Waals surface area (Å²) >= 11 is 5.00. The molecule has 0 saturated heterocycles. The van der Waals surface area contributed by atoms with Crippen molar-refractivity contribution in [1.29, 1.82) is 0 Å². The molecule has 2 heterocycles. The summed E-state index contributed by atoms with van der Waals surface area (Å²) < 4.78 is 23.5. The van der Waals surface area contributed by atoms with E-state index < -0.39 is 10.0 Å². The van der Waals surface area contributed by atoms with Gasteiger partial charge in [0, 0.05) is 11.9 Å². The van der Waals surface area contributed by atoms with Crippen LogP contribution in [0.1, 0.15) is 0 Å². The van der Waals surface area contributed by atoms with Crippen LogP contribution in [0, 0.1) is 0 Å². The number of benzene rings is 1. The molecular formula is C14H11BrN4O2S2. The zero-order chi connectivity index (χ0) is 16.4. The quantitative estimate of drug-likeness (QED) is 0.686. The molecule has 6 nitrogen and oxygen atoms in total. The lowest BCUT2D eigenvalue weighted by molar-refractivity contribution is 0.598. The van der Waals surface area contributed by atoms with Crippen molar-refractivity contribution in [3.63, 3.8) is 0 Å². The Labute approximate surface area is 145 Å². The van der Waals surface area contributed by atoms with Crippen molar-refractivity contribution >= 4 is 48.9 Å². The number of sulfonamides is 1. The summed E-state index contributed by atoms with van der Waals surface area (Å²) in [4.78, 5) is 9.69. The number of aromatic nitrogens is 2. The Kier molecular flexibility index (Phi) is 4.44. The second-order valence-corrected chi connectivity index (χ2v) is 8.59. The number of halogens is 1. The topological polar surface area (TPSA) is 98.0 Å². The average molecular weight is 411 g/mol. The first-order valence-electron chi connectivity index (χ1n) is 6.40. The van der Waals surface area contributed by atoms with E-state index in [1.54, 1.807) is 29.7 Å². The molecule has 0 bridgehead atoms. The SMILES string of the molecule is NS(=O)(=O)c1ccc(Nc2nccc(-c3ccc(Br)s3)n2)cc1. The first kappa shape index (κ1) is 16.1. The Morgan fingerprint density at radius 1 is 1.09 bits per heavy atom. The van der Waals surface area contributed by atoms with Crippen LogP contribution in [-0.2, 0) is 10.0 Å². The van der Waals surface area contributed by atoms with E-state index in [9.17, 15) is 8.42 Å². The fraction of sp³-hybridized carbons (Fsp3) is 0. The minimum atomic E-state index is -3.69. The van der Waals surface area contributed by atoms with Gasteiger partial charge in [-0.25, -0.2) is 23.5 Å². The summed E-state index contributed by atoms with van der Waals surface area (Å²) in [5.41, 5.74) is 1.47. The molecule has 118 valence electrons. The van der Waals surface area contributed by atoms with E-state index in [4.69, 9.17) is 5.14 Å². The molecule has 0 aliphatic heterocycles. The third-order valence-electron chi connectivity index (χ3n) is 2.92. The lowest BCUT2D eigenvalue weighted by Crippen LogP contribution is -2.11. The Hall–Kier alpha value is -1.81. The summed E-state index contributed by atoms with van der Waals surface area (Å²) in [5, 5.41) is 8.10. The van der Waals surface area contributed by atoms with Gasteiger partial charge in [0.05, 0.1) is 19.3 Å². The van der Waals surface area contributed by atoms with Crippen molar-refractivity contribution in [3.8, 4) is 10.6 Å². The molecule has 0 amide bonds. The molecule has 0 radical (unpaired) electrons. The minimum Gasteiger partial charge on any atom is -0.324 e. The van der Waals surface area contributed by atoms with Crippen LogP contribution < -0.4 is 10.5 Å². The van der Waals surface area contributed by atoms with Crippen molar-refractivity contribution in [1.82, 2.24) is 9.97 Å². The molecule has 3 N–H and O–H groups in total. The van der Waals surface area contributed by atoms with E-state index in [0.29, 0.717) is 11.6 Å². The minimum absolute atomic E-state index is 0.0566. The predicted molar refractivity (Wildman–Crippen MR) is 94.1 cm³/mol. The summed E-state index contributed by atoms with van der Waals surface area (Å²) in [6.45, 7) is 0. The molecule has 9 heteroatoms. The Balaban J connectivity index is 1.83. The molecule has 1 aromatic carbocycles. The molecule has 0 saturated carbocycles. The third kappa shape index (κ3) is 3.94. The Bertz CT molecular complexity index is 939. The highest BCUT2D eigenvalue weighted by atomic mass is 79.9. The van der Waals surface area contributed by atoms with Crippen LogP contribution in [0.15, 0.2) is 57.3 Å². The number of hydrogen-bond acceptors (Lipinski definition) is 6. The number of rotatable bonds is 4. The Morgan fingerprint density at radius 3 is 2.43 bits per heavy atom. The Morgan fingerprint density at radius 2 is 1.83 bits per heavy atom. The van der Waals surface area contributed by atoms with Gasteiger partial charge in [0.25, 0.3) is 0 Å². The van der Waals surface area contributed by atoms with Crippen LogP contribution >= 0.6 is 27.3 Å². The average Bonchev–Trinajstić information content (AvgIpc) is 2.94. The maximum absolute atomic E-state index is 11.2. The van der Waals surface area contributed by atoms with Gasteiger partial charge in [-0.3, -0.25) is 0 Å². The van der Waals surface area contributed by atoms with Crippen LogP contribution in [0.2, 0.25) is 0 Å². The summed E-state index contributed by atoms with van der Waals surface area (Å²) in [5.74, 6) is 0.426. The van der Waals surface area contributed by atoms with E-state index in [-0.39, 0.29) is 4.90 Å². The highest BCUT2D eigenvalue weighted by molar-refractivity contribution is 9.11. The van der Waals surface area contributed by atoms with Crippen LogP contribution in [0.3, 0.4) is 0 Å². The van der Waals surface area contributed by atoms with E-state index >= 15 is 0 Å². The lowest BCUT2D eigenvalue weighted by atomic mass is 10.3. The van der Waals surface area contributed by atoms with Crippen LogP contribution in [0.5, 0.6) is 0 Å². The third-order valence-corrected chi connectivity index (χ3v) is 5.50. The molecule has 23 heavy (non-hydrogen) atoms. The van der Waals surface area contributed by atoms with Crippen LogP contribution in [0.25, 0.3) is 10.6 Å². The van der Waals surface area contributed by atoms with Gasteiger partial charge in [0.2, 0.25) is 16.0 Å². The van der Waals surface area contributed by atoms with E-state index in [2.05, 4.69) is 31.2 Å². The number of anilines is 2. The molecule has 0 aliphatic carbocycles. The summed E-state index contributed by atoms with van der Waals surface area (Å²) in [6, 6.07) is 11.8. The summed E-state index contributed by atoms with van der Waals surface area (Å²) in [7, 11) is -3.69. The standard InChI is InChI=1S/C14H11BrN4O2S2/c15-13-6-5-12(22-13)11-7-8-17-14(19-11)18-9-1-3-10(4-2-9)23(16,20)21/h1-8H,(H2,16,20,21)(H,17,18,19). The second-order valence-electron chi connectivity index (χ2n) is 4.56. The number of hydrogen-bond donors (Lipinski definition) is 2. The normalized spacial score (nSPS) is 11.4. The zero-order valence-electron chi connectivity index (χ0n) is 11.6. The van der Waals surface area contributed by atoms with Crippen molar-refractivity contribution < 1.29 is 8.42 Å². The van der Waals surface area contributed by atoms with Crippen molar-refractivity contribution in [2.24, 2.45) is 5.14 Å². The number of nitrogens with one attached hydrogen (secondary N) is 1. The van der Waals surface area contributed by atoms with Gasteiger partial charge in [-0.2, -0.15) is 0 Å². The van der Waals surface area contributed by atoms with Crippen LogP contribution in [-0.4, -0.2) is 18.4 Å². The van der Waals surface area contributed by atoms with Gasteiger partial charge in [0.1, 0.15) is 0 Å². The number of nitrogens with zero attached hydrogens (tertiary/aromatic N) is 2. The maximum Gasteiger partial charge on any atom is 0.238 e. The van der Waals surface area contributed by atoms with Crippen molar-refractivity contribution in [2.45, 2.75) is 4.90 Å². The first-order valence-corrected chi connectivity index (χ1v) is 9.56. The van der Waals surface area contributed by atoms with Gasteiger partial charge in [-0.05, 0) is 58.4 Å². The lowest BCUT2D eigenvalue weighted by Gasteiger charge is -2.06. The zero-order valence-corrected chi connectivity index (χ0v) is 14.8. The monoisotopic (exact) mass is 410 g/mol. The van der Waals surface area contributed by atoms with Gasteiger partial charge in [-0.15, -0.1) is 11.3 Å². The summed E-state index contributed by atoms with van der Waals surface area (Å²) in [6.07, 6.45) is 1.66. The second kappa shape index (κ2) is 6.36. The van der Waals surface area contributed by atoms with E-state index in [0.717, 1.165) is 14.4 Å². The van der Waals surface area contributed by atoms with Gasteiger partial charge in [-0.1, -0.05) is 0 Å². The van der Waals surface area contributed by atoms with Crippen LogP contribution in [0.4, 0.5) is 11.6 Å². The molecule has 0 aliphatic rings. The molecule has 3 rings (SSSR count). The van der Waals surface area contributed by atoms with Gasteiger partial charge >= 0.3 is 0 Å². The van der Waals surface area contributed by atoms with Gasteiger partial charge in [0.15, 0.2) is 0 Å². The smallest absolute Gasteiger partial charge is 0.238 e. The molecule has 0 fully saturated rings. The predicted octanol–water partition coefficient (Wildman–Crippen LogP) is 3.36. The highest BCUT2D eigenvalue weighted by Gasteiger charge is 2.08. The molecule has 2 aromatic heterocycles. The van der Waals surface area contributed by atoms with E-state index in [1.807, 2.05) is 18.2 Å². The van der Waals surface area contributed by atoms with Gasteiger partial charge < -0.3 is 5.32 Å². The largest absolute Gasteiger partial charge is 0.324 e. The molecule has 0 atom stereocenters. The number of primary sulfonamides is 1. The fourth-order valence-electron chi connectivity index (χ4n) is 1.87. The van der Waals surface area contributed by atoms with Crippen molar-refractivity contribution in [2.75, 3.05) is 5.32 Å². The fourth-order valence-corrected chi connectivity index (χ4v) is 3.74. The van der Waals surface area contributed by atoms with E-state index in [1.165, 1.54) is 12.1 Å². The number of nitrogens with two attached hydrogens (primary N) is 1. The maximum atomic E-state index is 11.2. The molecule has 0 unspecified atom stereocenters. The molecular weight excluding hydrogens is 400 g/mol.